The molecular weight excluding hydrogens is 264 g/mol. The van der Waals surface area contributed by atoms with Crippen LogP contribution in [0.25, 0.3) is 0 Å². The summed E-state index contributed by atoms with van der Waals surface area (Å²) < 4.78 is 5.90. The van der Waals surface area contributed by atoms with E-state index >= 15 is 0 Å². The van der Waals surface area contributed by atoms with E-state index < -0.39 is 5.97 Å². The lowest BCUT2D eigenvalue weighted by Crippen LogP contribution is -2.02. The van der Waals surface area contributed by atoms with Crippen molar-refractivity contribution in [1.29, 1.82) is 0 Å². The summed E-state index contributed by atoms with van der Waals surface area (Å²) in [5.74, 6) is 0.483. The van der Waals surface area contributed by atoms with E-state index in [9.17, 15) is 9.90 Å². The number of aryl methyl sites for hydroxylation is 1. The van der Waals surface area contributed by atoms with Crippen LogP contribution >= 0.6 is 0 Å². The summed E-state index contributed by atoms with van der Waals surface area (Å²) >= 11 is 0. The van der Waals surface area contributed by atoms with Crippen LogP contribution in [0, 0.1) is 6.92 Å². The van der Waals surface area contributed by atoms with Gasteiger partial charge in [-0.3, -0.25) is 0 Å². The fourth-order valence-electron chi connectivity index (χ4n) is 2.22. The third kappa shape index (κ3) is 3.43. The lowest BCUT2D eigenvalue weighted by Gasteiger charge is -2.16. The number of benzene rings is 2. The topological polar surface area (TPSA) is 46.5 Å². The molecule has 1 unspecified atom stereocenters. The predicted octanol–water partition coefficient (Wildman–Crippen LogP) is 5.00. The Morgan fingerprint density at radius 3 is 2.57 bits per heavy atom. The van der Waals surface area contributed by atoms with E-state index in [-0.39, 0.29) is 5.56 Å². The van der Waals surface area contributed by atoms with Crippen LogP contribution in [-0.4, -0.2) is 11.1 Å². The molecule has 3 heteroatoms. The molecule has 0 aliphatic rings. The number of rotatable bonds is 5. The van der Waals surface area contributed by atoms with E-state index in [0.717, 1.165) is 23.3 Å². The highest BCUT2D eigenvalue weighted by Crippen LogP contribution is 2.33. The smallest absolute Gasteiger partial charge is 0.339 e. The summed E-state index contributed by atoms with van der Waals surface area (Å²) in [6.45, 7) is 6.12. The Kier molecular flexibility index (Phi) is 4.63. The number of ether oxygens (including phenoxy) is 1. The highest BCUT2D eigenvalue weighted by Gasteiger charge is 2.15. The lowest BCUT2D eigenvalue weighted by molar-refractivity contribution is 0.0694. The van der Waals surface area contributed by atoms with E-state index in [2.05, 4.69) is 13.8 Å². The van der Waals surface area contributed by atoms with Gasteiger partial charge >= 0.3 is 5.97 Å². The number of carboxylic acid groups (broad SMARTS) is 1. The summed E-state index contributed by atoms with van der Waals surface area (Å²) in [4.78, 5) is 11.4. The Hall–Kier alpha value is -2.29. The van der Waals surface area contributed by atoms with E-state index in [4.69, 9.17) is 4.74 Å². The van der Waals surface area contributed by atoms with Gasteiger partial charge in [-0.25, -0.2) is 4.79 Å². The average Bonchev–Trinajstić information content (AvgIpc) is 2.48. The van der Waals surface area contributed by atoms with Gasteiger partial charge in [-0.1, -0.05) is 43.7 Å². The van der Waals surface area contributed by atoms with Gasteiger partial charge in [-0.15, -0.1) is 0 Å². The molecule has 2 aromatic carbocycles. The van der Waals surface area contributed by atoms with Crippen molar-refractivity contribution < 1.29 is 14.6 Å². The number of hydrogen-bond acceptors (Lipinski definition) is 2. The van der Waals surface area contributed by atoms with E-state index in [1.54, 1.807) is 12.1 Å². The summed E-state index contributed by atoms with van der Waals surface area (Å²) in [5.41, 5.74) is 2.18. The Morgan fingerprint density at radius 2 is 1.90 bits per heavy atom. The van der Waals surface area contributed by atoms with Gasteiger partial charge in [0, 0.05) is 0 Å². The van der Waals surface area contributed by atoms with Crippen molar-refractivity contribution in [2.24, 2.45) is 0 Å². The molecule has 21 heavy (non-hydrogen) atoms. The van der Waals surface area contributed by atoms with E-state index in [1.807, 2.05) is 37.3 Å². The molecule has 2 aromatic rings. The lowest BCUT2D eigenvalue weighted by atomic mass is 9.98. The van der Waals surface area contributed by atoms with E-state index in [1.165, 1.54) is 0 Å². The molecule has 0 radical (unpaired) electrons. The van der Waals surface area contributed by atoms with Crippen LogP contribution in [0.3, 0.4) is 0 Å². The van der Waals surface area contributed by atoms with Crippen molar-refractivity contribution in [3.63, 3.8) is 0 Å². The first kappa shape index (κ1) is 15.1. The van der Waals surface area contributed by atoms with Crippen molar-refractivity contribution in [2.75, 3.05) is 0 Å². The normalized spacial score (nSPS) is 12.0. The van der Waals surface area contributed by atoms with Gasteiger partial charge in [0.15, 0.2) is 0 Å². The van der Waals surface area contributed by atoms with Gasteiger partial charge in [-0.05, 0) is 43.0 Å². The number of aromatic carboxylic acids is 1. The van der Waals surface area contributed by atoms with E-state index in [0.29, 0.717) is 11.7 Å². The predicted molar refractivity (Wildman–Crippen MR) is 83.4 cm³/mol. The van der Waals surface area contributed by atoms with Crippen LogP contribution in [-0.2, 0) is 0 Å². The first-order chi connectivity index (χ1) is 10.0. The van der Waals surface area contributed by atoms with Gasteiger partial charge in [-0.2, -0.15) is 0 Å². The maximum absolute atomic E-state index is 11.4. The summed E-state index contributed by atoms with van der Waals surface area (Å²) in [6, 6.07) is 13.0. The van der Waals surface area contributed by atoms with Gasteiger partial charge in [0.1, 0.15) is 17.1 Å². The van der Waals surface area contributed by atoms with Gasteiger partial charge < -0.3 is 9.84 Å². The van der Waals surface area contributed by atoms with Gasteiger partial charge in [0.2, 0.25) is 0 Å². The first-order valence-electron chi connectivity index (χ1n) is 7.13. The third-order valence-corrected chi connectivity index (χ3v) is 3.65. The van der Waals surface area contributed by atoms with Crippen LogP contribution in [0.1, 0.15) is 47.7 Å². The molecule has 0 heterocycles. The van der Waals surface area contributed by atoms with Crippen LogP contribution in [0.15, 0.2) is 42.5 Å². The molecular formula is C18H20O3. The first-order valence-corrected chi connectivity index (χ1v) is 7.13. The van der Waals surface area contributed by atoms with Crippen molar-refractivity contribution in [1.82, 2.24) is 0 Å². The number of para-hydroxylation sites is 1. The highest BCUT2D eigenvalue weighted by atomic mass is 16.5. The molecule has 0 amide bonds. The molecule has 1 atom stereocenters. The molecule has 0 fully saturated rings. The van der Waals surface area contributed by atoms with Gasteiger partial charge in [0.05, 0.1) is 0 Å². The fraction of sp³-hybridized carbons (Fsp3) is 0.278. The molecule has 1 N–H and O–H groups in total. The van der Waals surface area contributed by atoms with Gasteiger partial charge in [0.25, 0.3) is 0 Å². The number of carbonyl (C=O) groups is 1. The third-order valence-electron chi connectivity index (χ3n) is 3.65. The van der Waals surface area contributed by atoms with Crippen molar-refractivity contribution in [2.45, 2.75) is 33.1 Å². The minimum Gasteiger partial charge on any atom is -0.478 e. The SMILES string of the molecule is CCC(C)c1ccccc1Oc1ccc(C)cc1C(=O)O. The zero-order valence-electron chi connectivity index (χ0n) is 12.6. The summed E-state index contributed by atoms with van der Waals surface area (Å²) in [6.07, 6.45) is 1.00. The molecule has 0 saturated carbocycles. The molecule has 0 aromatic heterocycles. The number of carboxylic acids is 1. The standard InChI is InChI=1S/C18H20O3/c1-4-13(3)14-7-5-6-8-16(14)21-17-10-9-12(2)11-15(17)18(19)20/h5-11,13H,4H2,1-3H3,(H,19,20). The fourth-order valence-corrected chi connectivity index (χ4v) is 2.22. The molecule has 0 bridgehead atoms. The molecule has 0 aliphatic carbocycles. The maximum Gasteiger partial charge on any atom is 0.339 e. The minimum absolute atomic E-state index is 0.189. The maximum atomic E-state index is 11.4. The quantitative estimate of drug-likeness (QED) is 0.840. The van der Waals surface area contributed by atoms with Crippen molar-refractivity contribution in [3.05, 3.63) is 59.2 Å². The Labute approximate surface area is 125 Å². The zero-order valence-corrected chi connectivity index (χ0v) is 12.6. The Bertz CT molecular complexity index is 647. The average molecular weight is 284 g/mol. The van der Waals surface area contributed by atoms with Crippen LogP contribution in [0.4, 0.5) is 0 Å². The van der Waals surface area contributed by atoms with Crippen LogP contribution in [0.2, 0.25) is 0 Å². The van der Waals surface area contributed by atoms with Crippen molar-refractivity contribution in [3.8, 4) is 11.5 Å². The molecule has 3 nitrogen and oxygen atoms in total. The molecule has 110 valence electrons. The Balaban J connectivity index is 2.41. The molecule has 2 rings (SSSR count). The molecule has 0 saturated heterocycles. The number of hydrogen-bond donors (Lipinski definition) is 1. The molecule has 0 spiro atoms. The molecule has 0 aliphatic heterocycles. The monoisotopic (exact) mass is 284 g/mol. The van der Waals surface area contributed by atoms with Crippen LogP contribution < -0.4 is 4.74 Å². The Morgan fingerprint density at radius 1 is 1.19 bits per heavy atom. The highest BCUT2D eigenvalue weighted by molar-refractivity contribution is 5.91. The van der Waals surface area contributed by atoms with Crippen molar-refractivity contribution >= 4 is 5.97 Å². The summed E-state index contributed by atoms with van der Waals surface area (Å²) in [7, 11) is 0. The second-order valence-corrected chi connectivity index (χ2v) is 5.25. The second kappa shape index (κ2) is 6.44. The summed E-state index contributed by atoms with van der Waals surface area (Å²) in [5, 5.41) is 9.31. The minimum atomic E-state index is -0.977. The van der Waals surface area contributed by atoms with Crippen LogP contribution in [0.5, 0.6) is 11.5 Å². The second-order valence-electron chi connectivity index (χ2n) is 5.25. The zero-order chi connectivity index (χ0) is 15.4. The largest absolute Gasteiger partial charge is 0.478 e.